The maximum absolute atomic E-state index is 5.10. The van der Waals surface area contributed by atoms with Gasteiger partial charge in [-0.3, -0.25) is 0 Å². The number of hydrogen-bond acceptors (Lipinski definition) is 4. The van der Waals surface area contributed by atoms with Crippen LogP contribution >= 0.6 is 11.3 Å². The summed E-state index contributed by atoms with van der Waals surface area (Å²) in [6.07, 6.45) is 1.02. The molecule has 0 aliphatic heterocycles. The lowest BCUT2D eigenvalue weighted by Crippen LogP contribution is -2.40. The van der Waals surface area contributed by atoms with Crippen LogP contribution in [-0.2, 0) is 15.7 Å². The Kier molecular flexibility index (Phi) is 5.32. The number of nitrogens with zero attached hydrogens (tertiary/aromatic N) is 1. The van der Waals surface area contributed by atoms with Crippen LogP contribution in [0.4, 0.5) is 0 Å². The number of thiazole rings is 1. The van der Waals surface area contributed by atoms with Crippen molar-refractivity contribution in [2.75, 3.05) is 20.3 Å². The molecule has 1 aromatic rings. The van der Waals surface area contributed by atoms with Crippen molar-refractivity contribution >= 4 is 11.3 Å². The van der Waals surface area contributed by atoms with Crippen molar-refractivity contribution in [3.8, 4) is 0 Å². The molecule has 0 radical (unpaired) electrons. The first-order valence-electron chi connectivity index (χ1n) is 6.54. The zero-order valence-electron chi connectivity index (χ0n) is 12.5. The highest BCUT2D eigenvalue weighted by molar-refractivity contribution is 7.09. The van der Waals surface area contributed by atoms with Gasteiger partial charge in [0.1, 0.15) is 5.01 Å². The van der Waals surface area contributed by atoms with E-state index in [9.17, 15) is 0 Å². The minimum atomic E-state index is -0.0489. The summed E-state index contributed by atoms with van der Waals surface area (Å²) in [5, 5.41) is 6.90. The molecular weight excluding hydrogens is 244 g/mol. The Bertz CT molecular complexity index is 370. The largest absolute Gasteiger partial charge is 0.383 e. The minimum absolute atomic E-state index is 0.0489. The molecule has 0 spiro atoms. The molecule has 1 unspecified atom stereocenters. The van der Waals surface area contributed by atoms with E-state index in [1.165, 1.54) is 10.7 Å². The van der Waals surface area contributed by atoms with Gasteiger partial charge in [0.25, 0.3) is 0 Å². The molecule has 1 rings (SSSR count). The predicted octanol–water partition coefficient (Wildman–Crippen LogP) is 3.30. The Balaban J connectivity index is 2.84. The average molecular weight is 270 g/mol. The molecule has 0 bridgehead atoms. The lowest BCUT2D eigenvalue weighted by Gasteiger charge is -2.27. The number of ether oxygens (including phenoxy) is 1. The first-order chi connectivity index (χ1) is 8.33. The zero-order valence-corrected chi connectivity index (χ0v) is 13.3. The Morgan fingerprint density at radius 2 is 2.00 bits per heavy atom. The third kappa shape index (κ3) is 3.77. The van der Waals surface area contributed by atoms with Gasteiger partial charge in [-0.1, -0.05) is 27.7 Å². The average Bonchev–Trinajstić information content (AvgIpc) is 2.78. The van der Waals surface area contributed by atoms with Gasteiger partial charge in [-0.05, 0) is 13.3 Å². The van der Waals surface area contributed by atoms with Crippen LogP contribution in [0.15, 0.2) is 5.38 Å². The van der Waals surface area contributed by atoms with Crippen molar-refractivity contribution in [2.24, 2.45) is 0 Å². The van der Waals surface area contributed by atoms with E-state index in [-0.39, 0.29) is 11.0 Å². The normalized spacial score (nSPS) is 15.7. The maximum Gasteiger partial charge on any atom is 0.113 e. The fourth-order valence-electron chi connectivity index (χ4n) is 1.65. The topological polar surface area (TPSA) is 34.1 Å². The number of aromatic nitrogens is 1. The highest BCUT2D eigenvalue weighted by Gasteiger charge is 2.29. The van der Waals surface area contributed by atoms with Crippen LogP contribution in [0.3, 0.4) is 0 Å². The zero-order chi connectivity index (χ0) is 13.8. The van der Waals surface area contributed by atoms with E-state index in [1.54, 1.807) is 18.4 Å². The Labute approximate surface area is 115 Å². The second-order valence-corrected chi connectivity index (χ2v) is 6.75. The predicted molar refractivity (Wildman–Crippen MR) is 78.3 cm³/mol. The summed E-state index contributed by atoms with van der Waals surface area (Å²) < 4.78 is 5.10. The fraction of sp³-hybridized carbons (Fsp3) is 0.786. The SMILES string of the molecule is CCC(C)(NCCOC)c1nc(C(C)(C)C)cs1. The molecule has 3 nitrogen and oxygen atoms in total. The minimum Gasteiger partial charge on any atom is -0.383 e. The molecule has 1 heterocycles. The molecule has 0 aliphatic carbocycles. The molecule has 0 fully saturated rings. The van der Waals surface area contributed by atoms with Gasteiger partial charge in [-0.15, -0.1) is 11.3 Å². The molecule has 0 aliphatic rings. The van der Waals surface area contributed by atoms with Gasteiger partial charge in [0, 0.05) is 24.4 Å². The number of hydrogen-bond donors (Lipinski definition) is 1. The number of nitrogens with one attached hydrogen (secondary N) is 1. The lowest BCUT2D eigenvalue weighted by molar-refractivity contribution is 0.185. The summed E-state index contributed by atoms with van der Waals surface area (Å²) in [6.45, 7) is 12.6. The van der Waals surface area contributed by atoms with Crippen LogP contribution in [0.1, 0.15) is 51.7 Å². The fourth-order valence-corrected chi connectivity index (χ4v) is 2.91. The summed E-state index contributed by atoms with van der Waals surface area (Å²) in [6, 6.07) is 0. The van der Waals surface area contributed by atoms with Crippen LogP contribution in [0, 0.1) is 0 Å². The van der Waals surface area contributed by atoms with Crippen molar-refractivity contribution in [1.29, 1.82) is 0 Å². The Morgan fingerprint density at radius 3 is 2.44 bits per heavy atom. The molecule has 0 saturated carbocycles. The van der Waals surface area contributed by atoms with Gasteiger partial charge >= 0.3 is 0 Å². The maximum atomic E-state index is 5.10. The van der Waals surface area contributed by atoms with Crippen molar-refractivity contribution in [3.63, 3.8) is 0 Å². The van der Waals surface area contributed by atoms with E-state index >= 15 is 0 Å². The summed E-state index contributed by atoms with van der Waals surface area (Å²) >= 11 is 1.75. The second-order valence-electron chi connectivity index (χ2n) is 5.89. The summed E-state index contributed by atoms with van der Waals surface area (Å²) in [5.74, 6) is 0. The molecule has 0 aromatic carbocycles. The second kappa shape index (κ2) is 6.13. The van der Waals surface area contributed by atoms with Crippen LogP contribution in [0.25, 0.3) is 0 Å². The van der Waals surface area contributed by atoms with E-state index in [0.717, 1.165) is 19.6 Å². The van der Waals surface area contributed by atoms with E-state index in [2.05, 4.69) is 45.3 Å². The van der Waals surface area contributed by atoms with Gasteiger partial charge in [0.15, 0.2) is 0 Å². The summed E-state index contributed by atoms with van der Waals surface area (Å²) in [7, 11) is 1.73. The van der Waals surface area contributed by atoms with Gasteiger partial charge < -0.3 is 10.1 Å². The summed E-state index contributed by atoms with van der Waals surface area (Å²) in [5.41, 5.74) is 1.25. The standard InChI is InChI=1S/C14H26N2OS/c1-7-14(5,15-8-9-17-6)12-16-11(10-18-12)13(2,3)4/h10,15H,7-9H2,1-6H3. The lowest BCUT2D eigenvalue weighted by atomic mass is 9.93. The van der Waals surface area contributed by atoms with Crippen molar-refractivity contribution in [2.45, 2.75) is 52.0 Å². The van der Waals surface area contributed by atoms with Crippen molar-refractivity contribution in [3.05, 3.63) is 16.1 Å². The Hall–Kier alpha value is -0.450. The Morgan fingerprint density at radius 1 is 1.33 bits per heavy atom. The van der Waals surface area contributed by atoms with Crippen molar-refractivity contribution in [1.82, 2.24) is 10.3 Å². The van der Waals surface area contributed by atoms with Crippen LogP contribution in [0.5, 0.6) is 0 Å². The molecule has 1 N–H and O–H groups in total. The summed E-state index contributed by atoms with van der Waals surface area (Å²) in [4.78, 5) is 4.82. The molecular formula is C14H26N2OS. The molecule has 1 atom stereocenters. The highest BCUT2D eigenvalue weighted by atomic mass is 32.1. The molecule has 1 aromatic heterocycles. The molecule has 104 valence electrons. The van der Waals surface area contributed by atoms with E-state index in [1.807, 2.05) is 0 Å². The van der Waals surface area contributed by atoms with Crippen LogP contribution in [-0.4, -0.2) is 25.2 Å². The van der Waals surface area contributed by atoms with Crippen LogP contribution < -0.4 is 5.32 Å². The monoisotopic (exact) mass is 270 g/mol. The van der Waals surface area contributed by atoms with Gasteiger partial charge in [0.05, 0.1) is 17.8 Å². The van der Waals surface area contributed by atoms with Gasteiger partial charge in [-0.2, -0.15) is 0 Å². The number of methoxy groups -OCH3 is 1. The third-order valence-corrected chi connectivity index (χ3v) is 4.38. The van der Waals surface area contributed by atoms with Gasteiger partial charge in [0.2, 0.25) is 0 Å². The van der Waals surface area contributed by atoms with Crippen LogP contribution in [0.2, 0.25) is 0 Å². The number of rotatable bonds is 6. The highest BCUT2D eigenvalue weighted by Crippen LogP contribution is 2.31. The smallest absolute Gasteiger partial charge is 0.113 e. The molecule has 0 amide bonds. The van der Waals surface area contributed by atoms with E-state index in [0.29, 0.717) is 0 Å². The first-order valence-corrected chi connectivity index (χ1v) is 7.42. The molecule has 4 heteroatoms. The van der Waals surface area contributed by atoms with Gasteiger partial charge in [-0.25, -0.2) is 4.98 Å². The molecule has 18 heavy (non-hydrogen) atoms. The van der Waals surface area contributed by atoms with E-state index in [4.69, 9.17) is 9.72 Å². The third-order valence-electron chi connectivity index (χ3n) is 3.27. The molecule has 0 saturated heterocycles. The first kappa shape index (κ1) is 15.6. The van der Waals surface area contributed by atoms with E-state index < -0.39 is 0 Å². The quantitative estimate of drug-likeness (QED) is 0.805. The van der Waals surface area contributed by atoms with Crippen molar-refractivity contribution < 1.29 is 4.74 Å².